The molecular formula is C11H9Cl2F2NO. The number of nitrogens with two attached hydrogens (primary N) is 1. The fourth-order valence-electron chi connectivity index (χ4n) is 2.07. The van der Waals surface area contributed by atoms with E-state index in [1.54, 1.807) is 12.1 Å². The average Bonchev–Trinajstić information content (AvgIpc) is 2.62. The van der Waals surface area contributed by atoms with E-state index in [0.29, 0.717) is 21.2 Å². The molecule has 1 aliphatic rings. The van der Waals surface area contributed by atoms with Gasteiger partial charge in [-0.25, -0.2) is 0 Å². The lowest BCUT2D eigenvalue weighted by molar-refractivity contribution is -0.149. The highest BCUT2D eigenvalue weighted by Gasteiger charge is 2.47. The van der Waals surface area contributed by atoms with Crippen LogP contribution in [0.1, 0.15) is 11.1 Å². The first kappa shape index (κ1) is 12.6. The molecule has 2 N–H and O–H groups in total. The maximum Gasteiger partial charge on any atom is 0.327 e. The normalized spacial score (nSPS) is 16.0. The summed E-state index contributed by atoms with van der Waals surface area (Å²) in [6, 6.07) is 3.13. The number of amides is 1. The van der Waals surface area contributed by atoms with Gasteiger partial charge in [0.25, 0.3) is 5.91 Å². The first-order valence-electron chi connectivity index (χ1n) is 4.97. The SMILES string of the molecule is NC(=O)C(F)(F)C1Cc2cc(Cl)c(Cl)cc2C1. The van der Waals surface area contributed by atoms with Crippen molar-refractivity contribution in [2.75, 3.05) is 0 Å². The van der Waals surface area contributed by atoms with E-state index in [1.807, 2.05) is 0 Å². The highest BCUT2D eigenvalue weighted by molar-refractivity contribution is 6.42. The van der Waals surface area contributed by atoms with Crippen LogP contribution in [0.25, 0.3) is 0 Å². The van der Waals surface area contributed by atoms with Crippen LogP contribution in [-0.4, -0.2) is 11.8 Å². The summed E-state index contributed by atoms with van der Waals surface area (Å²) in [5.74, 6) is -6.20. The minimum atomic E-state index is -3.50. The molecular weight excluding hydrogens is 271 g/mol. The lowest BCUT2D eigenvalue weighted by atomic mass is 9.98. The van der Waals surface area contributed by atoms with Crippen LogP contribution < -0.4 is 5.73 Å². The van der Waals surface area contributed by atoms with Crippen molar-refractivity contribution >= 4 is 29.1 Å². The molecule has 0 bridgehead atoms. The Labute approximate surface area is 107 Å². The van der Waals surface area contributed by atoms with Gasteiger partial charge >= 0.3 is 5.92 Å². The number of rotatable bonds is 2. The fourth-order valence-corrected chi connectivity index (χ4v) is 2.44. The Morgan fingerprint density at radius 3 is 2.00 bits per heavy atom. The lowest BCUT2D eigenvalue weighted by Crippen LogP contribution is -2.42. The van der Waals surface area contributed by atoms with Crippen LogP contribution in [0, 0.1) is 5.92 Å². The van der Waals surface area contributed by atoms with E-state index in [-0.39, 0.29) is 12.8 Å². The van der Waals surface area contributed by atoms with Gasteiger partial charge in [-0.2, -0.15) is 8.78 Å². The van der Waals surface area contributed by atoms with Gasteiger partial charge < -0.3 is 5.73 Å². The number of carbonyl (C=O) groups is 1. The van der Waals surface area contributed by atoms with Crippen molar-refractivity contribution in [3.05, 3.63) is 33.3 Å². The molecule has 2 nitrogen and oxygen atoms in total. The Morgan fingerprint density at radius 2 is 1.65 bits per heavy atom. The van der Waals surface area contributed by atoms with Crippen molar-refractivity contribution in [3.63, 3.8) is 0 Å². The van der Waals surface area contributed by atoms with Gasteiger partial charge in [0.2, 0.25) is 0 Å². The number of halogens is 4. The molecule has 1 aromatic rings. The Hall–Kier alpha value is -0.870. The smallest absolute Gasteiger partial charge is 0.327 e. The Kier molecular flexibility index (Phi) is 3.04. The maximum absolute atomic E-state index is 13.5. The highest BCUT2D eigenvalue weighted by Crippen LogP contribution is 2.39. The number of primary amides is 1. The number of carbonyl (C=O) groups excluding carboxylic acids is 1. The molecule has 0 radical (unpaired) electrons. The number of hydrogen-bond donors (Lipinski definition) is 1. The van der Waals surface area contributed by atoms with E-state index in [9.17, 15) is 13.6 Å². The summed E-state index contributed by atoms with van der Waals surface area (Å²) < 4.78 is 27.0. The molecule has 1 aromatic carbocycles. The fraction of sp³-hybridized carbons (Fsp3) is 0.364. The van der Waals surface area contributed by atoms with E-state index in [4.69, 9.17) is 28.9 Å². The maximum atomic E-state index is 13.5. The molecule has 0 saturated heterocycles. The second kappa shape index (κ2) is 4.10. The number of alkyl halides is 2. The molecule has 0 fully saturated rings. The van der Waals surface area contributed by atoms with E-state index in [2.05, 4.69) is 0 Å². The molecule has 92 valence electrons. The largest absolute Gasteiger partial charge is 0.364 e. The summed E-state index contributed by atoms with van der Waals surface area (Å²) in [5, 5.41) is 0.655. The highest BCUT2D eigenvalue weighted by atomic mass is 35.5. The number of fused-ring (bicyclic) bond motifs is 1. The third-order valence-electron chi connectivity index (χ3n) is 3.02. The molecule has 0 atom stereocenters. The van der Waals surface area contributed by atoms with Crippen LogP contribution in [0.2, 0.25) is 10.0 Å². The van der Waals surface area contributed by atoms with Crippen molar-refractivity contribution in [3.8, 4) is 0 Å². The lowest BCUT2D eigenvalue weighted by Gasteiger charge is -2.18. The quantitative estimate of drug-likeness (QED) is 0.889. The third-order valence-corrected chi connectivity index (χ3v) is 3.74. The van der Waals surface area contributed by atoms with Crippen LogP contribution in [0.5, 0.6) is 0 Å². The van der Waals surface area contributed by atoms with Gasteiger partial charge in [0.1, 0.15) is 0 Å². The number of benzene rings is 1. The summed E-state index contributed by atoms with van der Waals surface area (Å²) in [4.78, 5) is 10.7. The molecule has 0 aliphatic heterocycles. The predicted molar refractivity (Wildman–Crippen MR) is 61.5 cm³/mol. The van der Waals surface area contributed by atoms with E-state index in [1.165, 1.54) is 0 Å². The molecule has 2 rings (SSSR count). The van der Waals surface area contributed by atoms with Gasteiger partial charge in [-0.1, -0.05) is 23.2 Å². The minimum absolute atomic E-state index is 0.0855. The van der Waals surface area contributed by atoms with Crippen molar-refractivity contribution in [1.29, 1.82) is 0 Å². The summed E-state index contributed by atoms with van der Waals surface area (Å²) in [5.41, 5.74) is 6.10. The van der Waals surface area contributed by atoms with Crippen LogP contribution in [-0.2, 0) is 17.6 Å². The molecule has 0 saturated carbocycles. The molecule has 0 spiro atoms. The summed E-state index contributed by atoms with van der Waals surface area (Å²) >= 11 is 11.6. The molecule has 6 heteroatoms. The van der Waals surface area contributed by atoms with Gasteiger partial charge in [-0.3, -0.25) is 4.79 Å². The standard InChI is InChI=1S/C11H9Cl2F2NO/c12-8-3-5-1-7(11(14,15)10(16)17)2-6(5)4-9(8)13/h3-4,7H,1-2H2,(H2,16,17). The summed E-state index contributed by atoms with van der Waals surface area (Å²) in [7, 11) is 0. The Bertz CT molecular complexity index is 460. The molecule has 17 heavy (non-hydrogen) atoms. The molecule has 1 amide bonds. The van der Waals surface area contributed by atoms with Crippen molar-refractivity contribution in [1.82, 2.24) is 0 Å². The monoisotopic (exact) mass is 279 g/mol. The van der Waals surface area contributed by atoms with Gasteiger partial charge in [-0.05, 0) is 36.1 Å². The number of hydrogen-bond acceptors (Lipinski definition) is 1. The zero-order valence-corrected chi connectivity index (χ0v) is 10.2. The minimum Gasteiger partial charge on any atom is -0.364 e. The van der Waals surface area contributed by atoms with E-state index < -0.39 is 17.7 Å². The second-order valence-electron chi connectivity index (χ2n) is 4.13. The van der Waals surface area contributed by atoms with Crippen molar-refractivity contribution in [2.45, 2.75) is 18.8 Å². The van der Waals surface area contributed by atoms with Crippen LogP contribution in [0.3, 0.4) is 0 Å². The summed E-state index contributed by atoms with van der Waals surface area (Å²) in [6.07, 6.45) is 0.171. The summed E-state index contributed by atoms with van der Waals surface area (Å²) in [6.45, 7) is 0. The van der Waals surface area contributed by atoms with Crippen LogP contribution >= 0.6 is 23.2 Å². The first-order valence-corrected chi connectivity index (χ1v) is 5.72. The van der Waals surface area contributed by atoms with E-state index >= 15 is 0 Å². The molecule has 1 aliphatic carbocycles. The zero-order chi connectivity index (χ0) is 12.8. The molecule has 0 aromatic heterocycles. The van der Waals surface area contributed by atoms with Crippen molar-refractivity contribution < 1.29 is 13.6 Å². The van der Waals surface area contributed by atoms with E-state index in [0.717, 1.165) is 0 Å². The van der Waals surface area contributed by atoms with Crippen LogP contribution in [0.15, 0.2) is 12.1 Å². The zero-order valence-electron chi connectivity index (χ0n) is 8.64. The molecule has 0 heterocycles. The van der Waals surface area contributed by atoms with Gasteiger partial charge in [0.15, 0.2) is 0 Å². The van der Waals surface area contributed by atoms with Gasteiger partial charge in [0, 0.05) is 5.92 Å². The molecule has 0 unspecified atom stereocenters. The first-order chi connectivity index (χ1) is 7.82. The van der Waals surface area contributed by atoms with Crippen LogP contribution in [0.4, 0.5) is 8.78 Å². The Morgan fingerprint density at radius 1 is 1.24 bits per heavy atom. The topological polar surface area (TPSA) is 43.1 Å². The van der Waals surface area contributed by atoms with Gasteiger partial charge in [-0.15, -0.1) is 0 Å². The van der Waals surface area contributed by atoms with Gasteiger partial charge in [0.05, 0.1) is 10.0 Å². The van der Waals surface area contributed by atoms with Crippen molar-refractivity contribution in [2.24, 2.45) is 11.7 Å². The Balaban J connectivity index is 2.31. The second-order valence-corrected chi connectivity index (χ2v) is 4.94. The average molecular weight is 280 g/mol. The predicted octanol–water partition coefficient (Wildman–Crippen LogP) is 2.83. The third kappa shape index (κ3) is 2.11.